The molecule has 0 N–H and O–H groups in total. The van der Waals surface area contributed by atoms with Crippen LogP contribution in [0, 0.1) is 0 Å². The lowest BCUT2D eigenvalue weighted by atomic mass is 9.98. The molecular weight excluding hydrogens is 208 g/mol. The summed E-state index contributed by atoms with van der Waals surface area (Å²) in [5.41, 5.74) is 4.63. The highest BCUT2D eigenvalue weighted by Gasteiger charge is 2.21. The van der Waals surface area contributed by atoms with E-state index in [1.165, 1.54) is 0 Å². The van der Waals surface area contributed by atoms with Crippen LogP contribution in [0.3, 0.4) is 0 Å². The van der Waals surface area contributed by atoms with Crippen molar-refractivity contribution in [2.45, 2.75) is 6.42 Å². The summed E-state index contributed by atoms with van der Waals surface area (Å²) in [6.07, 6.45) is 0.749. The Kier molecular flexibility index (Phi) is 2.19. The first-order chi connectivity index (χ1) is 8.27. The van der Waals surface area contributed by atoms with E-state index in [1.54, 1.807) is 0 Å². The average molecular weight is 220 g/mol. The van der Waals surface area contributed by atoms with Crippen LogP contribution in [0.5, 0.6) is 0 Å². The molecule has 0 bridgehead atoms. The minimum atomic E-state index is 0.106. The van der Waals surface area contributed by atoms with E-state index in [9.17, 15) is 4.79 Å². The number of rotatable bonds is 0. The van der Waals surface area contributed by atoms with E-state index in [0.717, 1.165) is 34.2 Å². The Balaban J connectivity index is 2.30. The van der Waals surface area contributed by atoms with Crippen molar-refractivity contribution in [3.05, 3.63) is 77.4 Å². The summed E-state index contributed by atoms with van der Waals surface area (Å²) in [4.78, 5) is 12.4. The first kappa shape index (κ1) is 10.0. The third-order valence-corrected chi connectivity index (χ3v) is 3.22. The molecule has 0 spiro atoms. The molecule has 0 saturated carbocycles. The quantitative estimate of drug-likeness (QED) is 0.664. The first-order valence-corrected chi connectivity index (χ1v) is 5.67. The molecule has 3 rings (SSSR count). The molecule has 0 atom stereocenters. The molecule has 0 heterocycles. The number of allylic oxidation sites excluding steroid dienone is 1. The Bertz CT molecular complexity index is 623. The zero-order valence-corrected chi connectivity index (χ0v) is 9.44. The monoisotopic (exact) mass is 220 g/mol. The zero-order chi connectivity index (χ0) is 11.8. The predicted molar refractivity (Wildman–Crippen MR) is 69.1 cm³/mol. The predicted octanol–water partition coefficient (Wildman–Crippen LogP) is 3.49. The Hall–Kier alpha value is -2.15. The van der Waals surface area contributed by atoms with Gasteiger partial charge in [0.25, 0.3) is 0 Å². The number of carbonyl (C=O) groups is 1. The summed E-state index contributed by atoms with van der Waals surface area (Å²) < 4.78 is 0. The molecule has 0 radical (unpaired) electrons. The second-order valence-corrected chi connectivity index (χ2v) is 4.31. The number of hydrogen-bond donors (Lipinski definition) is 0. The van der Waals surface area contributed by atoms with Crippen LogP contribution < -0.4 is 0 Å². The largest absolute Gasteiger partial charge is 0.289 e. The van der Waals surface area contributed by atoms with Gasteiger partial charge in [0, 0.05) is 11.1 Å². The molecule has 1 nitrogen and oxygen atoms in total. The second kappa shape index (κ2) is 3.70. The highest BCUT2D eigenvalue weighted by molar-refractivity contribution is 6.13. The van der Waals surface area contributed by atoms with Crippen molar-refractivity contribution >= 4 is 11.4 Å². The third-order valence-electron chi connectivity index (χ3n) is 3.22. The Morgan fingerprint density at radius 2 is 1.41 bits per heavy atom. The topological polar surface area (TPSA) is 17.1 Å². The van der Waals surface area contributed by atoms with Crippen LogP contribution >= 0.6 is 0 Å². The minimum Gasteiger partial charge on any atom is -0.289 e. The van der Waals surface area contributed by atoms with Crippen LogP contribution in [0.2, 0.25) is 0 Å². The van der Waals surface area contributed by atoms with Crippen molar-refractivity contribution in [2.24, 2.45) is 0 Å². The molecule has 2 aromatic rings. The summed E-state index contributed by atoms with van der Waals surface area (Å²) in [6, 6.07) is 15.5. The average Bonchev–Trinajstić information content (AvgIpc) is 2.48. The smallest absolute Gasteiger partial charge is 0.193 e. The second-order valence-electron chi connectivity index (χ2n) is 4.31. The van der Waals surface area contributed by atoms with Crippen LogP contribution in [0.1, 0.15) is 27.0 Å². The van der Waals surface area contributed by atoms with Gasteiger partial charge in [-0.25, -0.2) is 0 Å². The highest BCUT2D eigenvalue weighted by atomic mass is 16.1. The van der Waals surface area contributed by atoms with E-state index in [1.807, 2.05) is 48.5 Å². The zero-order valence-electron chi connectivity index (χ0n) is 9.44. The Labute approximate surface area is 100 Å². The van der Waals surface area contributed by atoms with Gasteiger partial charge < -0.3 is 0 Å². The lowest BCUT2D eigenvalue weighted by molar-refractivity contribution is 0.103. The summed E-state index contributed by atoms with van der Waals surface area (Å²) >= 11 is 0. The van der Waals surface area contributed by atoms with Crippen molar-refractivity contribution in [1.29, 1.82) is 0 Å². The molecule has 1 aliphatic carbocycles. The number of carbonyl (C=O) groups excluding carboxylic acids is 1. The van der Waals surface area contributed by atoms with Crippen molar-refractivity contribution in [3.63, 3.8) is 0 Å². The van der Waals surface area contributed by atoms with Crippen LogP contribution in [-0.2, 0) is 6.42 Å². The first-order valence-electron chi connectivity index (χ1n) is 5.67. The molecule has 0 unspecified atom stereocenters. The fourth-order valence-electron chi connectivity index (χ4n) is 2.36. The number of ketones is 1. The SMILES string of the molecule is C=C1Cc2ccccc2C(=O)c2ccccc21. The molecule has 0 aromatic heterocycles. The molecule has 2 aromatic carbocycles. The number of hydrogen-bond acceptors (Lipinski definition) is 1. The molecule has 1 heteroatoms. The van der Waals surface area contributed by atoms with E-state index in [-0.39, 0.29) is 5.78 Å². The number of fused-ring (bicyclic) bond motifs is 2. The standard InChI is InChI=1S/C16H12O/c1-11-10-12-6-2-3-8-14(12)16(17)15-9-5-4-7-13(11)15/h2-9H,1,10H2. The number of benzene rings is 2. The van der Waals surface area contributed by atoms with Gasteiger partial charge in [0.15, 0.2) is 5.78 Å². The summed E-state index contributed by atoms with van der Waals surface area (Å²) in [5, 5.41) is 0. The van der Waals surface area contributed by atoms with Crippen LogP contribution in [0.4, 0.5) is 0 Å². The van der Waals surface area contributed by atoms with Crippen LogP contribution in [0.25, 0.3) is 5.57 Å². The van der Waals surface area contributed by atoms with E-state index in [0.29, 0.717) is 0 Å². The fraction of sp³-hybridized carbons (Fsp3) is 0.0625. The minimum absolute atomic E-state index is 0.106. The maximum atomic E-state index is 12.4. The van der Waals surface area contributed by atoms with Gasteiger partial charge in [0.2, 0.25) is 0 Å². The van der Waals surface area contributed by atoms with Gasteiger partial charge in [-0.15, -0.1) is 0 Å². The highest BCUT2D eigenvalue weighted by Crippen LogP contribution is 2.29. The van der Waals surface area contributed by atoms with E-state index >= 15 is 0 Å². The molecule has 82 valence electrons. The Morgan fingerprint density at radius 1 is 0.824 bits per heavy atom. The van der Waals surface area contributed by atoms with Gasteiger partial charge >= 0.3 is 0 Å². The van der Waals surface area contributed by atoms with Crippen molar-refractivity contribution < 1.29 is 4.79 Å². The maximum Gasteiger partial charge on any atom is 0.193 e. The molecule has 0 amide bonds. The van der Waals surface area contributed by atoms with Crippen molar-refractivity contribution in [2.75, 3.05) is 0 Å². The fourth-order valence-corrected chi connectivity index (χ4v) is 2.36. The van der Waals surface area contributed by atoms with Gasteiger partial charge in [0.05, 0.1) is 0 Å². The molecule has 17 heavy (non-hydrogen) atoms. The van der Waals surface area contributed by atoms with Gasteiger partial charge in [-0.3, -0.25) is 4.79 Å². The van der Waals surface area contributed by atoms with E-state index in [4.69, 9.17) is 0 Å². The molecular formula is C16H12O. The van der Waals surface area contributed by atoms with Crippen molar-refractivity contribution in [1.82, 2.24) is 0 Å². The summed E-state index contributed by atoms with van der Waals surface area (Å²) in [6.45, 7) is 4.10. The normalized spacial score (nSPS) is 13.9. The molecule has 1 aliphatic rings. The third kappa shape index (κ3) is 1.51. The van der Waals surface area contributed by atoms with Crippen LogP contribution in [0.15, 0.2) is 55.1 Å². The van der Waals surface area contributed by atoms with Gasteiger partial charge in [-0.05, 0) is 23.1 Å². The summed E-state index contributed by atoms with van der Waals surface area (Å²) in [7, 11) is 0. The molecule has 0 aliphatic heterocycles. The Morgan fingerprint density at radius 3 is 2.18 bits per heavy atom. The van der Waals surface area contributed by atoms with E-state index in [2.05, 4.69) is 6.58 Å². The van der Waals surface area contributed by atoms with Gasteiger partial charge in [-0.1, -0.05) is 55.1 Å². The molecule has 0 fully saturated rings. The summed E-state index contributed by atoms with van der Waals surface area (Å²) in [5.74, 6) is 0.106. The van der Waals surface area contributed by atoms with Gasteiger partial charge in [-0.2, -0.15) is 0 Å². The van der Waals surface area contributed by atoms with Crippen molar-refractivity contribution in [3.8, 4) is 0 Å². The molecule has 0 saturated heterocycles. The van der Waals surface area contributed by atoms with E-state index < -0.39 is 0 Å². The lowest BCUT2D eigenvalue weighted by Crippen LogP contribution is -2.03. The van der Waals surface area contributed by atoms with Gasteiger partial charge in [0.1, 0.15) is 0 Å². The maximum absolute atomic E-state index is 12.4. The lowest BCUT2D eigenvalue weighted by Gasteiger charge is -2.05. The van der Waals surface area contributed by atoms with Crippen LogP contribution in [-0.4, -0.2) is 5.78 Å².